The normalized spacial score (nSPS) is 14.5. The van der Waals surface area contributed by atoms with E-state index >= 15 is 0 Å². The zero-order chi connectivity index (χ0) is 14.5. The average Bonchev–Trinajstić information content (AvgIpc) is 2.38. The van der Waals surface area contributed by atoms with E-state index in [1.807, 2.05) is 0 Å². The molecular weight excluding hydrogens is 280 g/mol. The molecule has 0 N–H and O–H groups in total. The molecule has 0 amide bonds. The lowest BCUT2D eigenvalue weighted by Gasteiger charge is -2.25. The van der Waals surface area contributed by atoms with E-state index in [9.17, 15) is 9.59 Å². The first-order valence-corrected chi connectivity index (χ1v) is 7.13. The van der Waals surface area contributed by atoms with Crippen LogP contribution in [-0.2, 0) is 9.53 Å². The van der Waals surface area contributed by atoms with Gasteiger partial charge in [0.1, 0.15) is 5.75 Å². The number of ether oxygens (including phenoxy) is 2. The number of esters is 1. The van der Waals surface area contributed by atoms with Crippen molar-refractivity contribution in [3.63, 3.8) is 0 Å². The summed E-state index contributed by atoms with van der Waals surface area (Å²) in [6.07, 6.45) is 3.52. The molecule has 108 valence electrons. The summed E-state index contributed by atoms with van der Waals surface area (Å²) in [4.78, 5) is 23.6. The standard InChI is InChI=1S/C15H17ClO4/c1-2-19-15(18)14(17)12-8-11(16)6-7-13(12)20-9-10-4-3-5-10/h6-8,10H,2-5,9H2,1H3. The van der Waals surface area contributed by atoms with Gasteiger partial charge < -0.3 is 9.47 Å². The number of halogens is 1. The summed E-state index contributed by atoms with van der Waals surface area (Å²) in [5.74, 6) is -0.684. The van der Waals surface area contributed by atoms with Crippen LogP contribution in [0.4, 0.5) is 0 Å². The van der Waals surface area contributed by atoms with Crippen LogP contribution in [0.3, 0.4) is 0 Å². The van der Waals surface area contributed by atoms with Gasteiger partial charge in [0.2, 0.25) is 0 Å². The molecule has 1 aromatic rings. The topological polar surface area (TPSA) is 52.6 Å². The first-order valence-electron chi connectivity index (χ1n) is 6.75. The maximum Gasteiger partial charge on any atom is 0.379 e. The van der Waals surface area contributed by atoms with Gasteiger partial charge in [0, 0.05) is 5.02 Å². The summed E-state index contributed by atoms with van der Waals surface area (Å²) < 4.78 is 10.4. The van der Waals surface area contributed by atoms with Gasteiger partial charge in [-0.3, -0.25) is 4.79 Å². The van der Waals surface area contributed by atoms with Crippen molar-refractivity contribution in [3.8, 4) is 5.75 Å². The van der Waals surface area contributed by atoms with Gasteiger partial charge in [-0.15, -0.1) is 0 Å². The van der Waals surface area contributed by atoms with Crippen molar-refractivity contribution < 1.29 is 19.1 Å². The Balaban J connectivity index is 2.13. The Morgan fingerprint density at radius 3 is 2.70 bits per heavy atom. The molecule has 2 rings (SSSR count). The zero-order valence-corrected chi connectivity index (χ0v) is 12.1. The Bertz CT molecular complexity index is 509. The Hall–Kier alpha value is -1.55. The lowest BCUT2D eigenvalue weighted by molar-refractivity contribution is -0.137. The number of hydrogen-bond donors (Lipinski definition) is 0. The number of carbonyl (C=O) groups excluding carboxylic acids is 2. The van der Waals surface area contributed by atoms with Crippen molar-refractivity contribution >= 4 is 23.4 Å². The molecule has 0 radical (unpaired) electrons. The van der Waals surface area contributed by atoms with Crippen LogP contribution in [-0.4, -0.2) is 25.0 Å². The molecule has 0 bridgehead atoms. The Morgan fingerprint density at radius 2 is 2.10 bits per heavy atom. The summed E-state index contributed by atoms with van der Waals surface area (Å²) in [7, 11) is 0. The maximum atomic E-state index is 12.0. The second-order valence-electron chi connectivity index (χ2n) is 4.80. The Kier molecular flexibility index (Phi) is 5.01. The van der Waals surface area contributed by atoms with E-state index in [0.717, 1.165) is 12.8 Å². The van der Waals surface area contributed by atoms with Crippen LogP contribution in [0, 0.1) is 5.92 Å². The van der Waals surface area contributed by atoms with E-state index in [1.54, 1.807) is 19.1 Å². The first kappa shape index (κ1) is 14.9. The molecule has 0 atom stereocenters. The fraction of sp³-hybridized carbons (Fsp3) is 0.467. The van der Waals surface area contributed by atoms with Crippen molar-refractivity contribution in [1.29, 1.82) is 0 Å². The third-order valence-corrected chi connectivity index (χ3v) is 3.58. The van der Waals surface area contributed by atoms with E-state index in [2.05, 4.69) is 0 Å². The molecular formula is C15H17ClO4. The second-order valence-corrected chi connectivity index (χ2v) is 5.23. The highest BCUT2D eigenvalue weighted by Crippen LogP contribution is 2.29. The lowest BCUT2D eigenvalue weighted by atomic mass is 9.86. The fourth-order valence-electron chi connectivity index (χ4n) is 1.98. The van der Waals surface area contributed by atoms with Crippen molar-refractivity contribution in [2.75, 3.05) is 13.2 Å². The van der Waals surface area contributed by atoms with E-state index in [1.165, 1.54) is 12.5 Å². The molecule has 0 unspecified atom stereocenters. The maximum absolute atomic E-state index is 12.0. The second kappa shape index (κ2) is 6.75. The number of carbonyl (C=O) groups is 2. The van der Waals surface area contributed by atoms with Gasteiger partial charge in [-0.1, -0.05) is 18.0 Å². The number of Topliss-reactive ketones (excluding diaryl/α,β-unsaturated/α-hetero) is 1. The monoisotopic (exact) mass is 296 g/mol. The molecule has 1 aromatic carbocycles. The first-order chi connectivity index (χ1) is 9.61. The zero-order valence-electron chi connectivity index (χ0n) is 11.4. The average molecular weight is 297 g/mol. The van der Waals surface area contributed by atoms with Gasteiger partial charge in [-0.25, -0.2) is 4.79 Å². The highest BCUT2D eigenvalue weighted by atomic mass is 35.5. The number of rotatable bonds is 6. The summed E-state index contributed by atoms with van der Waals surface area (Å²) >= 11 is 5.88. The number of ketones is 1. The molecule has 1 saturated carbocycles. The molecule has 0 aliphatic heterocycles. The van der Waals surface area contributed by atoms with Crippen LogP contribution in [0.1, 0.15) is 36.5 Å². The van der Waals surface area contributed by atoms with Crippen molar-refractivity contribution in [2.24, 2.45) is 5.92 Å². The van der Waals surface area contributed by atoms with Crippen LogP contribution in [0.2, 0.25) is 5.02 Å². The molecule has 1 fully saturated rings. The number of benzene rings is 1. The van der Waals surface area contributed by atoms with Crippen molar-refractivity contribution in [1.82, 2.24) is 0 Å². The van der Waals surface area contributed by atoms with Gasteiger partial charge in [-0.05, 0) is 43.9 Å². The molecule has 1 aliphatic carbocycles. The van der Waals surface area contributed by atoms with Crippen LogP contribution in [0.5, 0.6) is 5.75 Å². The lowest BCUT2D eigenvalue weighted by Crippen LogP contribution is -2.22. The van der Waals surface area contributed by atoms with Crippen molar-refractivity contribution in [3.05, 3.63) is 28.8 Å². The molecule has 0 heterocycles. The molecule has 0 spiro atoms. The summed E-state index contributed by atoms with van der Waals surface area (Å²) in [5.41, 5.74) is 0.162. The van der Waals surface area contributed by atoms with E-state index in [4.69, 9.17) is 21.1 Å². The third-order valence-electron chi connectivity index (χ3n) is 3.35. The molecule has 1 aliphatic rings. The largest absolute Gasteiger partial charge is 0.493 e. The molecule has 0 aromatic heterocycles. The SMILES string of the molecule is CCOC(=O)C(=O)c1cc(Cl)ccc1OCC1CCC1. The highest BCUT2D eigenvalue weighted by molar-refractivity contribution is 6.42. The van der Waals surface area contributed by atoms with Crippen LogP contribution in [0.15, 0.2) is 18.2 Å². The minimum Gasteiger partial charge on any atom is -0.493 e. The van der Waals surface area contributed by atoms with E-state index < -0.39 is 11.8 Å². The van der Waals surface area contributed by atoms with Gasteiger partial charge in [0.05, 0.1) is 18.8 Å². The van der Waals surface area contributed by atoms with Gasteiger partial charge >= 0.3 is 5.97 Å². The summed E-state index contributed by atoms with van der Waals surface area (Å²) in [6, 6.07) is 4.70. The predicted octanol–water partition coefficient (Wildman–Crippen LogP) is 3.26. The smallest absolute Gasteiger partial charge is 0.379 e. The number of hydrogen-bond acceptors (Lipinski definition) is 4. The van der Waals surface area contributed by atoms with E-state index in [0.29, 0.717) is 23.3 Å². The van der Waals surface area contributed by atoms with E-state index in [-0.39, 0.29) is 12.2 Å². The minimum atomic E-state index is -0.886. The van der Waals surface area contributed by atoms with Crippen LogP contribution < -0.4 is 4.74 Å². The summed E-state index contributed by atoms with van der Waals surface area (Å²) in [6.45, 7) is 2.37. The molecule has 0 saturated heterocycles. The molecule has 4 nitrogen and oxygen atoms in total. The Labute approximate surface area is 123 Å². The quantitative estimate of drug-likeness (QED) is 0.459. The van der Waals surface area contributed by atoms with Crippen LogP contribution >= 0.6 is 11.6 Å². The molecule has 20 heavy (non-hydrogen) atoms. The third kappa shape index (κ3) is 3.51. The highest BCUT2D eigenvalue weighted by Gasteiger charge is 2.24. The minimum absolute atomic E-state index is 0.156. The van der Waals surface area contributed by atoms with Gasteiger partial charge in [0.15, 0.2) is 0 Å². The Morgan fingerprint density at radius 1 is 1.35 bits per heavy atom. The van der Waals surface area contributed by atoms with Crippen LogP contribution in [0.25, 0.3) is 0 Å². The fourth-order valence-corrected chi connectivity index (χ4v) is 2.15. The summed E-state index contributed by atoms with van der Waals surface area (Å²) in [5, 5.41) is 0.383. The van der Waals surface area contributed by atoms with Gasteiger partial charge in [-0.2, -0.15) is 0 Å². The van der Waals surface area contributed by atoms with Gasteiger partial charge in [0.25, 0.3) is 5.78 Å². The predicted molar refractivity (Wildman–Crippen MR) is 75.3 cm³/mol. The molecule has 5 heteroatoms. The van der Waals surface area contributed by atoms with Crippen molar-refractivity contribution in [2.45, 2.75) is 26.2 Å².